The molecule has 1 aliphatic rings. The first-order chi connectivity index (χ1) is 5.43. The molecule has 0 aliphatic carbocycles. The lowest BCUT2D eigenvalue weighted by Gasteiger charge is -2.03. The third kappa shape index (κ3) is 3.54. The summed E-state index contributed by atoms with van der Waals surface area (Å²) in [6.45, 7) is 1.71. The molecular formula is C9H17NO. The molecule has 2 nitrogen and oxygen atoms in total. The first-order valence-electron chi connectivity index (χ1n) is 4.40. The third-order valence-electron chi connectivity index (χ3n) is 1.92. The van der Waals surface area contributed by atoms with Crippen LogP contribution in [0.25, 0.3) is 0 Å². The lowest BCUT2D eigenvalue weighted by Crippen LogP contribution is -2.02. The molecule has 2 N–H and O–H groups in total. The monoisotopic (exact) mass is 155 g/mol. The van der Waals surface area contributed by atoms with Crippen LogP contribution in [0.4, 0.5) is 0 Å². The lowest BCUT2D eigenvalue weighted by atomic mass is 10.2. The van der Waals surface area contributed by atoms with Gasteiger partial charge in [0.05, 0.1) is 6.10 Å². The summed E-state index contributed by atoms with van der Waals surface area (Å²) in [6.07, 6.45) is 9.34. The number of nitrogens with two attached hydrogens (primary N) is 1. The van der Waals surface area contributed by atoms with Crippen LogP contribution in [-0.2, 0) is 4.74 Å². The van der Waals surface area contributed by atoms with Gasteiger partial charge in [-0.1, -0.05) is 12.2 Å². The van der Waals surface area contributed by atoms with Crippen molar-refractivity contribution < 1.29 is 4.74 Å². The zero-order valence-electron chi connectivity index (χ0n) is 6.96. The quantitative estimate of drug-likeness (QED) is 0.624. The van der Waals surface area contributed by atoms with Crippen molar-refractivity contribution in [1.82, 2.24) is 0 Å². The summed E-state index contributed by atoms with van der Waals surface area (Å²) in [5.74, 6) is 0. The van der Waals surface area contributed by atoms with Gasteiger partial charge in [-0.05, 0) is 32.2 Å². The number of hydrogen-bond donors (Lipinski definition) is 1. The van der Waals surface area contributed by atoms with E-state index in [-0.39, 0.29) is 0 Å². The van der Waals surface area contributed by atoms with Gasteiger partial charge in [0.15, 0.2) is 0 Å². The summed E-state index contributed by atoms with van der Waals surface area (Å²) in [5.41, 5.74) is 5.34. The van der Waals surface area contributed by atoms with Crippen molar-refractivity contribution in [3.63, 3.8) is 0 Å². The van der Waals surface area contributed by atoms with Crippen LogP contribution in [0.3, 0.4) is 0 Å². The Balaban J connectivity index is 2.01. The van der Waals surface area contributed by atoms with Gasteiger partial charge in [0.25, 0.3) is 0 Å². The summed E-state index contributed by atoms with van der Waals surface area (Å²) in [5, 5.41) is 0. The average molecular weight is 155 g/mol. The molecule has 1 aliphatic heterocycles. The molecule has 1 unspecified atom stereocenters. The van der Waals surface area contributed by atoms with Gasteiger partial charge < -0.3 is 10.5 Å². The van der Waals surface area contributed by atoms with Gasteiger partial charge in [-0.25, -0.2) is 0 Å². The van der Waals surface area contributed by atoms with E-state index in [1.54, 1.807) is 0 Å². The third-order valence-corrected chi connectivity index (χ3v) is 1.92. The van der Waals surface area contributed by atoms with Crippen molar-refractivity contribution in [3.05, 3.63) is 12.2 Å². The van der Waals surface area contributed by atoms with Crippen molar-refractivity contribution in [3.8, 4) is 0 Å². The van der Waals surface area contributed by atoms with Crippen LogP contribution < -0.4 is 5.73 Å². The van der Waals surface area contributed by atoms with Gasteiger partial charge >= 0.3 is 0 Å². The fourth-order valence-corrected chi connectivity index (χ4v) is 1.29. The van der Waals surface area contributed by atoms with E-state index < -0.39 is 0 Å². The Morgan fingerprint density at radius 2 is 2.36 bits per heavy atom. The fourth-order valence-electron chi connectivity index (χ4n) is 1.29. The standard InChI is InChI=1S/C9H17NO/c10-7-3-1-2-5-9-6-4-8-11-9/h1-2,9H,3-8,10H2. The van der Waals surface area contributed by atoms with Crippen LogP contribution in [-0.4, -0.2) is 19.3 Å². The molecule has 0 aromatic heterocycles. The van der Waals surface area contributed by atoms with Gasteiger partial charge in [-0.15, -0.1) is 0 Å². The van der Waals surface area contributed by atoms with Gasteiger partial charge in [0, 0.05) is 6.61 Å². The first kappa shape index (κ1) is 8.75. The lowest BCUT2D eigenvalue weighted by molar-refractivity contribution is 0.113. The van der Waals surface area contributed by atoms with Crippen molar-refractivity contribution >= 4 is 0 Å². The van der Waals surface area contributed by atoms with E-state index >= 15 is 0 Å². The van der Waals surface area contributed by atoms with E-state index in [2.05, 4.69) is 12.2 Å². The Bertz CT molecular complexity index is 117. The highest BCUT2D eigenvalue weighted by Crippen LogP contribution is 2.15. The van der Waals surface area contributed by atoms with Crippen molar-refractivity contribution in [2.24, 2.45) is 5.73 Å². The van der Waals surface area contributed by atoms with E-state index in [0.717, 1.165) is 26.0 Å². The molecule has 1 heterocycles. The number of hydrogen-bond acceptors (Lipinski definition) is 2. The van der Waals surface area contributed by atoms with Crippen LogP contribution in [0.5, 0.6) is 0 Å². The smallest absolute Gasteiger partial charge is 0.0610 e. The highest BCUT2D eigenvalue weighted by atomic mass is 16.5. The normalized spacial score (nSPS) is 25.0. The largest absolute Gasteiger partial charge is 0.378 e. The fraction of sp³-hybridized carbons (Fsp3) is 0.778. The van der Waals surface area contributed by atoms with Crippen LogP contribution in [0.1, 0.15) is 25.7 Å². The van der Waals surface area contributed by atoms with Crippen molar-refractivity contribution in [1.29, 1.82) is 0 Å². The SMILES string of the molecule is NCCC=CCC1CCCO1. The maximum absolute atomic E-state index is 5.45. The zero-order valence-corrected chi connectivity index (χ0v) is 6.96. The van der Waals surface area contributed by atoms with E-state index in [9.17, 15) is 0 Å². The summed E-state index contributed by atoms with van der Waals surface area (Å²) in [4.78, 5) is 0. The molecule has 0 aromatic rings. The predicted molar refractivity (Wildman–Crippen MR) is 46.4 cm³/mol. The van der Waals surface area contributed by atoms with Crippen LogP contribution in [0.2, 0.25) is 0 Å². The molecule has 1 fully saturated rings. The Kier molecular flexibility index (Phi) is 4.24. The number of rotatable bonds is 4. The number of ether oxygens (including phenoxy) is 1. The van der Waals surface area contributed by atoms with Crippen LogP contribution in [0.15, 0.2) is 12.2 Å². The van der Waals surface area contributed by atoms with E-state index in [1.807, 2.05) is 0 Å². The minimum Gasteiger partial charge on any atom is -0.378 e. The molecule has 0 saturated carbocycles. The minimum absolute atomic E-state index is 0.490. The molecule has 1 atom stereocenters. The molecule has 1 saturated heterocycles. The molecule has 64 valence electrons. The zero-order chi connectivity index (χ0) is 7.94. The molecule has 2 heteroatoms. The van der Waals surface area contributed by atoms with Crippen molar-refractivity contribution in [2.75, 3.05) is 13.2 Å². The maximum Gasteiger partial charge on any atom is 0.0610 e. The van der Waals surface area contributed by atoms with Crippen LogP contribution in [0, 0.1) is 0 Å². The second-order valence-electron chi connectivity index (χ2n) is 2.92. The summed E-state index contributed by atoms with van der Waals surface area (Å²) < 4.78 is 5.45. The maximum atomic E-state index is 5.45. The van der Waals surface area contributed by atoms with E-state index in [1.165, 1.54) is 12.8 Å². The predicted octanol–water partition coefficient (Wildman–Crippen LogP) is 1.46. The topological polar surface area (TPSA) is 35.2 Å². The Hall–Kier alpha value is -0.340. The Morgan fingerprint density at radius 3 is 3.00 bits per heavy atom. The molecule has 11 heavy (non-hydrogen) atoms. The van der Waals surface area contributed by atoms with E-state index in [0.29, 0.717) is 6.10 Å². The van der Waals surface area contributed by atoms with Crippen LogP contribution >= 0.6 is 0 Å². The second kappa shape index (κ2) is 5.33. The first-order valence-corrected chi connectivity index (χ1v) is 4.40. The summed E-state index contributed by atoms with van der Waals surface area (Å²) in [7, 11) is 0. The highest BCUT2D eigenvalue weighted by molar-refractivity contribution is 4.85. The second-order valence-corrected chi connectivity index (χ2v) is 2.92. The molecular weight excluding hydrogens is 138 g/mol. The highest BCUT2D eigenvalue weighted by Gasteiger charge is 2.12. The minimum atomic E-state index is 0.490. The van der Waals surface area contributed by atoms with Gasteiger partial charge in [0.1, 0.15) is 0 Å². The summed E-state index contributed by atoms with van der Waals surface area (Å²) in [6, 6.07) is 0. The van der Waals surface area contributed by atoms with E-state index in [4.69, 9.17) is 10.5 Å². The van der Waals surface area contributed by atoms with Crippen molar-refractivity contribution in [2.45, 2.75) is 31.8 Å². The van der Waals surface area contributed by atoms with Gasteiger partial charge in [0.2, 0.25) is 0 Å². The molecule has 0 bridgehead atoms. The molecule has 1 rings (SSSR count). The Morgan fingerprint density at radius 1 is 1.45 bits per heavy atom. The van der Waals surface area contributed by atoms with Gasteiger partial charge in [-0.2, -0.15) is 0 Å². The van der Waals surface area contributed by atoms with Gasteiger partial charge in [-0.3, -0.25) is 0 Å². The molecule has 0 amide bonds. The average Bonchev–Trinajstić information content (AvgIpc) is 2.50. The summed E-state index contributed by atoms with van der Waals surface area (Å²) >= 11 is 0. The Labute approximate surface area is 68.4 Å². The molecule has 0 aromatic carbocycles. The molecule has 0 radical (unpaired) electrons. The molecule has 0 spiro atoms.